The number of piperidine rings is 1. The van der Waals surface area contributed by atoms with E-state index < -0.39 is 11.7 Å². The summed E-state index contributed by atoms with van der Waals surface area (Å²) >= 11 is 5.80. The molecule has 0 aliphatic carbocycles. The van der Waals surface area contributed by atoms with Crippen LogP contribution in [0.5, 0.6) is 0 Å². The molecule has 0 spiro atoms. The molecule has 2 heterocycles. The van der Waals surface area contributed by atoms with Crippen LogP contribution in [0.4, 0.5) is 19.0 Å². The average molecular weight is 365 g/mol. The number of aromatic nitrogens is 1. The molecule has 0 radical (unpaired) electrons. The Balaban J connectivity index is 1.81. The summed E-state index contributed by atoms with van der Waals surface area (Å²) in [6.45, 7) is 1.69. The van der Waals surface area contributed by atoms with Crippen molar-refractivity contribution < 1.29 is 18.0 Å². The van der Waals surface area contributed by atoms with Crippen LogP contribution in [0.2, 0.25) is 5.02 Å². The third kappa shape index (κ3) is 4.98. The van der Waals surface area contributed by atoms with Crippen molar-refractivity contribution in [1.82, 2.24) is 15.2 Å². The number of anilines is 1. The number of nitrogens with zero attached hydrogens (tertiary/aromatic N) is 2. The van der Waals surface area contributed by atoms with Crippen molar-refractivity contribution >= 4 is 23.3 Å². The van der Waals surface area contributed by atoms with Crippen molar-refractivity contribution in [1.29, 1.82) is 0 Å². The Kier molecular flexibility index (Phi) is 6.28. The summed E-state index contributed by atoms with van der Waals surface area (Å²) in [7, 11) is 1.91. The van der Waals surface area contributed by atoms with Gasteiger partial charge in [-0.05, 0) is 26.0 Å². The Morgan fingerprint density at radius 2 is 2.08 bits per heavy atom. The third-order valence-corrected chi connectivity index (χ3v) is 4.34. The van der Waals surface area contributed by atoms with Crippen LogP contribution in [-0.4, -0.2) is 48.5 Å². The van der Waals surface area contributed by atoms with Gasteiger partial charge in [-0.1, -0.05) is 11.6 Å². The monoisotopic (exact) mass is 364 g/mol. The minimum absolute atomic E-state index is 0.0140. The largest absolute Gasteiger partial charge is 0.417 e. The molecular formula is C15H20ClF3N4O. The van der Waals surface area contributed by atoms with Crippen LogP contribution in [0.15, 0.2) is 12.3 Å². The molecule has 0 saturated carbocycles. The highest BCUT2D eigenvalue weighted by Crippen LogP contribution is 2.32. The van der Waals surface area contributed by atoms with E-state index in [0.29, 0.717) is 19.1 Å². The number of carbonyl (C=O) groups is 1. The van der Waals surface area contributed by atoms with Gasteiger partial charge in [-0.3, -0.25) is 4.79 Å². The molecule has 1 aliphatic rings. The SMILES string of the molecule is CNC1CCN(C(=O)CCNc2ncc(C(F)(F)F)cc2Cl)CC1. The molecule has 1 fully saturated rings. The normalized spacial score (nSPS) is 16.3. The van der Waals surface area contributed by atoms with Gasteiger partial charge in [0.1, 0.15) is 5.82 Å². The van der Waals surface area contributed by atoms with Crippen molar-refractivity contribution in [3.05, 3.63) is 22.8 Å². The first-order valence-corrected chi connectivity index (χ1v) is 8.10. The lowest BCUT2D eigenvalue weighted by Gasteiger charge is -2.31. The van der Waals surface area contributed by atoms with Crippen LogP contribution in [0.3, 0.4) is 0 Å². The molecule has 1 aromatic rings. The van der Waals surface area contributed by atoms with Crippen molar-refractivity contribution in [2.24, 2.45) is 0 Å². The third-order valence-electron chi connectivity index (χ3n) is 4.06. The lowest BCUT2D eigenvalue weighted by molar-refractivity contribution is -0.137. The van der Waals surface area contributed by atoms with E-state index in [1.165, 1.54) is 0 Å². The lowest BCUT2D eigenvalue weighted by Crippen LogP contribution is -2.44. The van der Waals surface area contributed by atoms with Crippen LogP contribution in [-0.2, 0) is 11.0 Å². The van der Waals surface area contributed by atoms with Crippen LogP contribution in [0.1, 0.15) is 24.8 Å². The van der Waals surface area contributed by atoms with Crippen molar-refractivity contribution in [3.63, 3.8) is 0 Å². The number of rotatable bonds is 5. The van der Waals surface area contributed by atoms with Gasteiger partial charge < -0.3 is 15.5 Å². The van der Waals surface area contributed by atoms with E-state index in [9.17, 15) is 18.0 Å². The highest BCUT2D eigenvalue weighted by atomic mass is 35.5. The molecule has 2 N–H and O–H groups in total. The zero-order valence-corrected chi connectivity index (χ0v) is 14.0. The second kappa shape index (κ2) is 8.02. The summed E-state index contributed by atoms with van der Waals surface area (Å²) in [5.41, 5.74) is -0.901. The summed E-state index contributed by atoms with van der Waals surface area (Å²) in [5.74, 6) is 0.159. The molecule has 24 heavy (non-hydrogen) atoms. The molecule has 9 heteroatoms. The summed E-state index contributed by atoms with van der Waals surface area (Å²) in [6.07, 6.45) is -1.68. The molecule has 1 saturated heterocycles. The van der Waals surface area contributed by atoms with Crippen molar-refractivity contribution in [2.45, 2.75) is 31.5 Å². The Morgan fingerprint density at radius 3 is 2.62 bits per heavy atom. The molecular weight excluding hydrogens is 345 g/mol. The maximum absolute atomic E-state index is 12.5. The molecule has 134 valence electrons. The predicted octanol–water partition coefficient (Wildman–Crippen LogP) is 2.77. The number of pyridine rings is 1. The Morgan fingerprint density at radius 1 is 1.42 bits per heavy atom. The Hall–Kier alpha value is -1.54. The number of halogens is 4. The minimum Gasteiger partial charge on any atom is -0.368 e. The molecule has 0 atom stereocenters. The van der Waals surface area contributed by atoms with Gasteiger partial charge in [0.25, 0.3) is 0 Å². The van der Waals surface area contributed by atoms with Gasteiger partial charge in [0.2, 0.25) is 5.91 Å². The van der Waals surface area contributed by atoms with E-state index in [4.69, 9.17) is 11.6 Å². The molecule has 1 aliphatic heterocycles. The second-order valence-electron chi connectivity index (χ2n) is 5.67. The molecule has 1 amide bonds. The van der Waals surface area contributed by atoms with E-state index in [1.54, 1.807) is 4.90 Å². The smallest absolute Gasteiger partial charge is 0.368 e. The fourth-order valence-electron chi connectivity index (χ4n) is 2.59. The van der Waals surface area contributed by atoms with Gasteiger partial charge in [0.05, 0.1) is 10.6 Å². The number of nitrogens with one attached hydrogen (secondary N) is 2. The lowest BCUT2D eigenvalue weighted by atomic mass is 10.1. The molecule has 2 rings (SSSR count). The first-order valence-electron chi connectivity index (χ1n) is 7.73. The highest BCUT2D eigenvalue weighted by molar-refractivity contribution is 6.32. The molecule has 1 aromatic heterocycles. The standard InChI is InChI=1S/C15H20ClF3N4O/c1-20-11-3-6-23(7-4-11)13(24)2-5-21-14-12(16)8-10(9-22-14)15(17,18)19/h8-9,11,20H,2-7H2,1H3,(H,21,22). The van der Waals surface area contributed by atoms with E-state index >= 15 is 0 Å². The topological polar surface area (TPSA) is 57.3 Å². The first-order chi connectivity index (χ1) is 11.3. The van der Waals surface area contributed by atoms with Gasteiger partial charge in [-0.2, -0.15) is 13.2 Å². The fraction of sp³-hybridized carbons (Fsp3) is 0.600. The fourth-order valence-corrected chi connectivity index (χ4v) is 2.82. The van der Waals surface area contributed by atoms with Crippen molar-refractivity contribution in [3.8, 4) is 0 Å². The Bertz CT molecular complexity index is 574. The van der Waals surface area contributed by atoms with Crippen molar-refractivity contribution in [2.75, 3.05) is 32.0 Å². The summed E-state index contributed by atoms with van der Waals surface area (Å²) in [5, 5.41) is 5.89. The average Bonchev–Trinajstić information content (AvgIpc) is 2.55. The molecule has 0 unspecified atom stereocenters. The number of alkyl halides is 3. The van der Waals surface area contributed by atoms with Gasteiger partial charge in [0, 0.05) is 38.3 Å². The number of hydrogen-bond acceptors (Lipinski definition) is 4. The first kappa shape index (κ1) is 18.8. The van der Waals surface area contributed by atoms with E-state index in [2.05, 4.69) is 15.6 Å². The number of amides is 1. The van der Waals surface area contributed by atoms with E-state index in [1.807, 2.05) is 7.05 Å². The number of carbonyl (C=O) groups excluding carboxylic acids is 1. The maximum Gasteiger partial charge on any atom is 0.417 e. The van der Waals surface area contributed by atoms with Crippen LogP contribution >= 0.6 is 11.6 Å². The highest BCUT2D eigenvalue weighted by Gasteiger charge is 2.31. The minimum atomic E-state index is -4.48. The van der Waals surface area contributed by atoms with Crippen LogP contribution < -0.4 is 10.6 Å². The summed E-state index contributed by atoms with van der Waals surface area (Å²) in [6, 6.07) is 1.27. The molecule has 0 bridgehead atoms. The van der Waals surface area contributed by atoms with Crippen LogP contribution in [0.25, 0.3) is 0 Å². The zero-order chi connectivity index (χ0) is 17.7. The number of likely N-dealkylation sites (tertiary alicyclic amines) is 1. The van der Waals surface area contributed by atoms with Crippen LogP contribution in [0, 0.1) is 0 Å². The van der Waals surface area contributed by atoms with Gasteiger partial charge >= 0.3 is 6.18 Å². The quantitative estimate of drug-likeness (QED) is 0.843. The predicted molar refractivity (Wildman–Crippen MR) is 86.0 cm³/mol. The molecule has 0 aromatic carbocycles. The maximum atomic E-state index is 12.5. The zero-order valence-electron chi connectivity index (χ0n) is 13.3. The van der Waals surface area contributed by atoms with E-state index in [-0.39, 0.29) is 29.7 Å². The van der Waals surface area contributed by atoms with Gasteiger partial charge in [-0.25, -0.2) is 4.98 Å². The van der Waals surface area contributed by atoms with Gasteiger partial charge in [0.15, 0.2) is 0 Å². The Labute approximate surface area is 143 Å². The number of hydrogen-bond donors (Lipinski definition) is 2. The summed E-state index contributed by atoms with van der Waals surface area (Å²) in [4.78, 5) is 17.6. The second-order valence-corrected chi connectivity index (χ2v) is 6.08. The molecule has 5 nitrogen and oxygen atoms in total. The van der Waals surface area contributed by atoms with Gasteiger partial charge in [-0.15, -0.1) is 0 Å². The van der Waals surface area contributed by atoms with E-state index in [0.717, 1.165) is 25.1 Å². The summed E-state index contributed by atoms with van der Waals surface area (Å²) < 4.78 is 37.6.